The van der Waals surface area contributed by atoms with Crippen molar-refractivity contribution in [1.29, 1.82) is 0 Å². The van der Waals surface area contributed by atoms with Crippen molar-refractivity contribution < 1.29 is 9.47 Å². The number of benzene rings is 1. The molecule has 0 spiro atoms. The van der Waals surface area contributed by atoms with Gasteiger partial charge in [-0.15, -0.1) is 24.8 Å². The van der Waals surface area contributed by atoms with Crippen molar-refractivity contribution in [2.75, 3.05) is 39.1 Å². The van der Waals surface area contributed by atoms with Crippen molar-refractivity contribution in [3.63, 3.8) is 0 Å². The molecular weight excluding hydrogens is 311 g/mol. The van der Waals surface area contributed by atoms with Crippen LogP contribution in [-0.4, -0.2) is 38.3 Å². The smallest absolute Gasteiger partial charge is 0.162 e. The van der Waals surface area contributed by atoms with Gasteiger partial charge in [0.1, 0.15) is 0 Å². The number of halogens is 2. The minimum Gasteiger partial charge on any atom is -0.493 e. The van der Waals surface area contributed by atoms with Gasteiger partial charge < -0.3 is 20.1 Å². The summed E-state index contributed by atoms with van der Waals surface area (Å²) in [4.78, 5) is 2.52. The lowest BCUT2D eigenvalue weighted by Gasteiger charge is -2.26. The second-order valence-corrected chi connectivity index (χ2v) is 5.01. The zero-order valence-corrected chi connectivity index (χ0v) is 14.2. The number of nitrogen functional groups attached to an aromatic ring is 1. The normalized spacial score (nSPS) is 14.7. The minimum atomic E-state index is 0. The van der Waals surface area contributed by atoms with Crippen LogP contribution in [0.2, 0.25) is 0 Å². The molecule has 1 heterocycles. The lowest BCUT2D eigenvalue weighted by molar-refractivity contribution is 0.203. The quantitative estimate of drug-likeness (QED) is 0.639. The zero-order chi connectivity index (χ0) is 13.5. The molecule has 6 heteroatoms. The van der Waals surface area contributed by atoms with Gasteiger partial charge in [0.05, 0.1) is 13.7 Å². The highest BCUT2D eigenvalue weighted by Crippen LogP contribution is 2.28. The van der Waals surface area contributed by atoms with Crippen LogP contribution in [0.25, 0.3) is 0 Å². The molecule has 2 N–H and O–H groups in total. The van der Waals surface area contributed by atoms with Crippen molar-refractivity contribution in [3.05, 3.63) is 18.2 Å². The summed E-state index contributed by atoms with van der Waals surface area (Å²) in [5.74, 6) is 1.48. The van der Waals surface area contributed by atoms with Crippen LogP contribution >= 0.6 is 24.8 Å². The van der Waals surface area contributed by atoms with E-state index < -0.39 is 0 Å². The molecule has 0 bridgehead atoms. The molecule has 0 radical (unpaired) electrons. The molecule has 1 aliphatic rings. The summed E-state index contributed by atoms with van der Waals surface area (Å²) < 4.78 is 11.0. The van der Waals surface area contributed by atoms with Crippen LogP contribution in [0.4, 0.5) is 5.69 Å². The highest BCUT2D eigenvalue weighted by Gasteiger charge is 2.09. The molecule has 1 aromatic rings. The Morgan fingerprint density at radius 2 is 1.81 bits per heavy atom. The molecule has 0 aliphatic carbocycles. The first-order valence-electron chi connectivity index (χ1n) is 7.08. The number of methoxy groups -OCH3 is 1. The maximum Gasteiger partial charge on any atom is 0.162 e. The van der Waals surface area contributed by atoms with Crippen LogP contribution in [0, 0.1) is 0 Å². The zero-order valence-electron chi connectivity index (χ0n) is 12.5. The Morgan fingerprint density at radius 1 is 1.10 bits per heavy atom. The Labute approximate surface area is 139 Å². The van der Waals surface area contributed by atoms with Crippen LogP contribution in [-0.2, 0) is 0 Å². The fourth-order valence-corrected chi connectivity index (χ4v) is 2.46. The average Bonchev–Trinajstić information content (AvgIpc) is 2.46. The number of ether oxygens (including phenoxy) is 2. The summed E-state index contributed by atoms with van der Waals surface area (Å²) in [5, 5.41) is 0. The summed E-state index contributed by atoms with van der Waals surface area (Å²) in [6.45, 7) is 4.32. The highest BCUT2D eigenvalue weighted by atomic mass is 35.5. The van der Waals surface area contributed by atoms with Gasteiger partial charge in [0.2, 0.25) is 0 Å². The topological polar surface area (TPSA) is 47.7 Å². The predicted octanol–water partition coefficient (Wildman–Crippen LogP) is 3.38. The van der Waals surface area contributed by atoms with Gasteiger partial charge >= 0.3 is 0 Å². The lowest BCUT2D eigenvalue weighted by atomic mass is 10.1. The number of hydrogen-bond acceptors (Lipinski definition) is 4. The monoisotopic (exact) mass is 336 g/mol. The van der Waals surface area contributed by atoms with Crippen LogP contribution in [0.15, 0.2) is 18.2 Å². The number of piperidine rings is 1. The van der Waals surface area contributed by atoms with E-state index in [2.05, 4.69) is 4.90 Å². The minimum absolute atomic E-state index is 0. The van der Waals surface area contributed by atoms with Gasteiger partial charge in [-0.25, -0.2) is 0 Å². The molecule has 0 amide bonds. The second kappa shape index (κ2) is 10.8. The Hall–Kier alpha value is -0.840. The molecule has 2 rings (SSSR count). The maximum absolute atomic E-state index is 5.77. The van der Waals surface area contributed by atoms with Crippen molar-refractivity contribution in [1.82, 2.24) is 4.90 Å². The third-order valence-corrected chi connectivity index (χ3v) is 3.51. The van der Waals surface area contributed by atoms with Gasteiger partial charge in [-0.2, -0.15) is 0 Å². The molecule has 4 nitrogen and oxygen atoms in total. The molecule has 0 atom stereocenters. The molecule has 1 fully saturated rings. The molecule has 122 valence electrons. The number of hydrogen-bond donors (Lipinski definition) is 1. The first-order chi connectivity index (χ1) is 9.29. The van der Waals surface area contributed by atoms with Crippen LogP contribution in [0.3, 0.4) is 0 Å². The molecule has 0 saturated carbocycles. The van der Waals surface area contributed by atoms with E-state index in [0.29, 0.717) is 11.4 Å². The van der Waals surface area contributed by atoms with E-state index in [0.717, 1.165) is 25.3 Å². The second-order valence-electron chi connectivity index (χ2n) is 5.01. The third kappa shape index (κ3) is 6.64. The fraction of sp³-hybridized carbons (Fsp3) is 0.600. The summed E-state index contributed by atoms with van der Waals surface area (Å²) in [5.41, 5.74) is 6.41. The van der Waals surface area contributed by atoms with E-state index in [1.807, 2.05) is 12.1 Å². The highest BCUT2D eigenvalue weighted by molar-refractivity contribution is 5.85. The molecular formula is C15H26Cl2N2O2. The first kappa shape index (κ1) is 20.2. The maximum atomic E-state index is 5.77. The van der Waals surface area contributed by atoms with E-state index >= 15 is 0 Å². The summed E-state index contributed by atoms with van der Waals surface area (Å²) in [6.07, 6.45) is 5.11. The third-order valence-electron chi connectivity index (χ3n) is 3.51. The Bertz CT molecular complexity index is 399. The van der Waals surface area contributed by atoms with Gasteiger partial charge in [-0.1, -0.05) is 6.42 Å². The summed E-state index contributed by atoms with van der Waals surface area (Å²) >= 11 is 0. The van der Waals surface area contributed by atoms with Gasteiger partial charge in [0, 0.05) is 18.3 Å². The van der Waals surface area contributed by atoms with Crippen molar-refractivity contribution in [3.8, 4) is 11.5 Å². The Kier molecular flexibility index (Phi) is 10.4. The fourth-order valence-electron chi connectivity index (χ4n) is 2.46. The summed E-state index contributed by atoms with van der Waals surface area (Å²) in [7, 11) is 1.63. The molecule has 1 aliphatic heterocycles. The lowest BCUT2D eigenvalue weighted by Crippen LogP contribution is -2.31. The first-order valence-corrected chi connectivity index (χ1v) is 7.08. The van der Waals surface area contributed by atoms with Gasteiger partial charge in [-0.3, -0.25) is 0 Å². The largest absolute Gasteiger partial charge is 0.493 e. The number of likely N-dealkylation sites (tertiary alicyclic amines) is 1. The number of rotatable bonds is 6. The van der Waals surface area contributed by atoms with Gasteiger partial charge in [0.25, 0.3) is 0 Å². The van der Waals surface area contributed by atoms with Crippen molar-refractivity contribution in [2.24, 2.45) is 0 Å². The van der Waals surface area contributed by atoms with E-state index in [9.17, 15) is 0 Å². The van der Waals surface area contributed by atoms with Gasteiger partial charge in [-0.05, 0) is 44.5 Å². The van der Waals surface area contributed by atoms with E-state index in [1.165, 1.54) is 32.4 Å². The standard InChI is InChI=1S/C15H24N2O2.2ClH/c1-18-15-12-13(16)6-7-14(15)19-11-5-10-17-8-3-2-4-9-17;;/h6-7,12H,2-5,8-11,16H2,1H3;2*1H. The molecule has 1 aromatic carbocycles. The van der Waals surface area contributed by atoms with E-state index in [4.69, 9.17) is 15.2 Å². The average molecular weight is 337 g/mol. The van der Waals surface area contributed by atoms with E-state index in [1.54, 1.807) is 13.2 Å². The Morgan fingerprint density at radius 3 is 2.48 bits per heavy atom. The number of anilines is 1. The molecule has 21 heavy (non-hydrogen) atoms. The molecule has 0 unspecified atom stereocenters. The van der Waals surface area contributed by atoms with Crippen LogP contribution in [0.1, 0.15) is 25.7 Å². The van der Waals surface area contributed by atoms with Crippen molar-refractivity contribution in [2.45, 2.75) is 25.7 Å². The predicted molar refractivity (Wildman–Crippen MR) is 92.3 cm³/mol. The molecule has 0 aromatic heterocycles. The molecule has 1 saturated heterocycles. The SMILES string of the molecule is COc1cc(N)ccc1OCCCN1CCCCC1.Cl.Cl. The number of nitrogens with zero attached hydrogens (tertiary/aromatic N) is 1. The van der Waals surface area contributed by atoms with Crippen LogP contribution in [0.5, 0.6) is 11.5 Å². The van der Waals surface area contributed by atoms with Gasteiger partial charge in [0.15, 0.2) is 11.5 Å². The van der Waals surface area contributed by atoms with E-state index in [-0.39, 0.29) is 24.8 Å². The number of nitrogens with two attached hydrogens (primary N) is 1. The summed E-state index contributed by atoms with van der Waals surface area (Å²) in [6, 6.07) is 5.50. The Balaban J connectivity index is 0.00000200. The van der Waals surface area contributed by atoms with Crippen LogP contribution < -0.4 is 15.2 Å². The van der Waals surface area contributed by atoms with Crippen molar-refractivity contribution >= 4 is 30.5 Å².